The minimum atomic E-state index is -0.474. The smallest absolute Gasteiger partial charge is 0.223 e. The number of aromatic nitrogens is 2. The summed E-state index contributed by atoms with van der Waals surface area (Å²) in [4.78, 5) is 19.6. The molecular formula is C12H10ClN3OS. The molecule has 0 radical (unpaired) electrons. The molecule has 18 heavy (non-hydrogen) atoms. The fourth-order valence-corrected chi connectivity index (χ4v) is 2.05. The number of rotatable bonds is 3. The van der Waals surface area contributed by atoms with Crippen molar-refractivity contribution in [2.75, 3.05) is 5.32 Å². The highest BCUT2D eigenvalue weighted by atomic mass is 35.5. The summed E-state index contributed by atoms with van der Waals surface area (Å²) >= 11 is 9.72. The first kappa shape index (κ1) is 12.9. The standard InChI is InChI=1S/C12H10ClN3OS/c1-7-14-10(13)9(12(17)18)11(15-7)16-8-5-3-2-4-6-8/h2-6H,1H3,(H,17,18)(H,14,15,16). The maximum Gasteiger partial charge on any atom is 0.223 e. The average molecular weight is 280 g/mol. The molecular weight excluding hydrogens is 270 g/mol. The molecule has 1 aromatic carbocycles. The van der Waals surface area contributed by atoms with Crippen molar-refractivity contribution in [2.45, 2.75) is 6.92 Å². The van der Waals surface area contributed by atoms with Crippen LogP contribution < -0.4 is 5.32 Å². The molecule has 0 unspecified atom stereocenters. The third-order valence-corrected chi connectivity index (χ3v) is 2.72. The molecule has 0 aliphatic rings. The van der Waals surface area contributed by atoms with Gasteiger partial charge in [-0.3, -0.25) is 4.79 Å². The number of para-hydroxylation sites is 1. The van der Waals surface area contributed by atoms with Gasteiger partial charge >= 0.3 is 0 Å². The van der Waals surface area contributed by atoms with Crippen molar-refractivity contribution < 1.29 is 4.79 Å². The topological polar surface area (TPSA) is 54.9 Å². The largest absolute Gasteiger partial charge is 0.339 e. The quantitative estimate of drug-likeness (QED) is 0.669. The summed E-state index contributed by atoms with van der Waals surface area (Å²) in [5.41, 5.74) is 0.983. The first-order valence-electron chi connectivity index (χ1n) is 5.17. The monoisotopic (exact) mass is 279 g/mol. The predicted molar refractivity (Wildman–Crippen MR) is 74.8 cm³/mol. The van der Waals surface area contributed by atoms with Crippen molar-refractivity contribution in [3.63, 3.8) is 0 Å². The number of hydrogen-bond donors (Lipinski definition) is 2. The Bertz CT molecular complexity index is 589. The van der Waals surface area contributed by atoms with Gasteiger partial charge in [-0.25, -0.2) is 9.97 Å². The zero-order valence-corrected chi connectivity index (χ0v) is 11.2. The normalized spacial score (nSPS) is 10.2. The Morgan fingerprint density at radius 1 is 1.28 bits per heavy atom. The molecule has 0 aliphatic heterocycles. The van der Waals surface area contributed by atoms with E-state index in [1.165, 1.54) is 0 Å². The second-order valence-electron chi connectivity index (χ2n) is 3.58. The van der Waals surface area contributed by atoms with Crippen molar-refractivity contribution in [3.05, 3.63) is 46.9 Å². The Hall–Kier alpha value is -1.59. The van der Waals surface area contributed by atoms with Crippen molar-refractivity contribution in [1.29, 1.82) is 0 Å². The number of carbonyl (C=O) groups excluding carboxylic acids is 1. The Morgan fingerprint density at radius 2 is 1.94 bits per heavy atom. The first-order valence-corrected chi connectivity index (χ1v) is 6.00. The number of anilines is 2. The highest BCUT2D eigenvalue weighted by Gasteiger charge is 2.16. The molecule has 2 aromatic rings. The molecule has 0 saturated heterocycles. The van der Waals surface area contributed by atoms with Crippen LogP contribution in [0.25, 0.3) is 0 Å². The average Bonchev–Trinajstić information content (AvgIpc) is 2.28. The highest BCUT2D eigenvalue weighted by molar-refractivity contribution is 7.97. The molecule has 1 aromatic heterocycles. The van der Waals surface area contributed by atoms with E-state index in [2.05, 4.69) is 27.9 Å². The lowest BCUT2D eigenvalue weighted by Gasteiger charge is -2.10. The van der Waals surface area contributed by atoms with Crippen LogP contribution in [0.5, 0.6) is 0 Å². The van der Waals surface area contributed by atoms with Gasteiger partial charge in [0.05, 0.1) is 0 Å². The lowest BCUT2D eigenvalue weighted by molar-refractivity contribution is 0.109. The Morgan fingerprint density at radius 3 is 2.56 bits per heavy atom. The van der Waals surface area contributed by atoms with Gasteiger partial charge in [-0.1, -0.05) is 29.8 Å². The van der Waals surface area contributed by atoms with Crippen LogP contribution in [0.2, 0.25) is 5.15 Å². The molecule has 4 nitrogen and oxygen atoms in total. The number of carbonyl (C=O) groups is 1. The number of nitrogens with zero attached hydrogens (tertiary/aromatic N) is 2. The van der Waals surface area contributed by atoms with Gasteiger partial charge in [-0.05, 0) is 19.1 Å². The lowest BCUT2D eigenvalue weighted by Crippen LogP contribution is -2.06. The molecule has 2 rings (SSSR count). The van der Waals surface area contributed by atoms with E-state index in [1.54, 1.807) is 6.92 Å². The van der Waals surface area contributed by atoms with Gasteiger partial charge in [0, 0.05) is 5.69 Å². The third-order valence-electron chi connectivity index (χ3n) is 2.23. The zero-order valence-electron chi connectivity index (χ0n) is 9.51. The lowest BCUT2D eigenvalue weighted by atomic mass is 10.3. The van der Waals surface area contributed by atoms with Crippen LogP contribution in [0.4, 0.5) is 11.5 Å². The third kappa shape index (κ3) is 2.80. The predicted octanol–water partition coefficient (Wildman–Crippen LogP) is 3.25. The van der Waals surface area contributed by atoms with E-state index in [-0.39, 0.29) is 10.7 Å². The Labute approximate surface area is 115 Å². The molecule has 0 atom stereocenters. The molecule has 0 saturated carbocycles. The zero-order chi connectivity index (χ0) is 13.1. The van der Waals surface area contributed by atoms with E-state index in [1.807, 2.05) is 30.3 Å². The molecule has 1 N–H and O–H groups in total. The van der Waals surface area contributed by atoms with Crippen LogP contribution >= 0.6 is 24.2 Å². The molecule has 0 bridgehead atoms. The van der Waals surface area contributed by atoms with Crippen molar-refractivity contribution in [3.8, 4) is 0 Å². The van der Waals surface area contributed by atoms with E-state index in [0.717, 1.165) is 5.69 Å². The summed E-state index contributed by atoms with van der Waals surface area (Å²) in [5.74, 6) is 0.843. The Kier molecular flexibility index (Phi) is 3.84. The van der Waals surface area contributed by atoms with Crippen LogP contribution in [0.15, 0.2) is 30.3 Å². The van der Waals surface area contributed by atoms with E-state index in [9.17, 15) is 4.79 Å². The number of thiol groups is 1. The summed E-state index contributed by atoms with van der Waals surface area (Å²) in [6.07, 6.45) is 0. The number of halogens is 1. The van der Waals surface area contributed by atoms with Crippen molar-refractivity contribution in [2.24, 2.45) is 0 Å². The van der Waals surface area contributed by atoms with Gasteiger partial charge < -0.3 is 5.32 Å². The summed E-state index contributed by atoms with van der Waals surface area (Å²) in [6.45, 7) is 1.70. The van der Waals surface area contributed by atoms with E-state index >= 15 is 0 Å². The van der Waals surface area contributed by atoms with E-state index in [4.69, 9.17) is 11.6 Å². The molecule has 6 heteroatoms. The first-order chi connectivity index (χ1) is 8.58. The molecule has 92 valence electrons. The van der Waals surface area contributed by atoms with E-state index in [0.29, 0.717) is 11.6 Å². The van der Waals surface area contributed by atoms with Gasteiger partial charge in [0.15, 0.2) is 0 Å². The Balaban J connectivity index is 2.46. The number of benzene rings is 1. The van der Waals surface area contributed by atoms with Crippen LogP contribution in [-0.4, -0.2) is 15.1 Å². The van der Waals surface area contributed by atoms with Crippen LogP contribution in [0.3, 0.4) is 0 Å². The summed E-state index contributed by atoms with van der Waals surface area (Å²) in [6, 6.07) is 9.37. The second-order valence-corrected chi connectivity index (χ2v) is 4.35. The number of hydrogen-bond acceptors (Lipinski definition) is 4. The minimum absolute atomic E-state index is 0.0981. The maximum atomic E-state index is 11.4. The molecule has 1 heterocycles. The highest BCUT2D eigenvalue weighted by Crippen LogP contribution is 2.25. The van der Waals surface area contributed by atoms with Crippen LogP contribution in [0, 0.1) is 6.92 Å². The summed E-state index contributed by atoms with van der Waals surface area (Å²) in [5, 5.41) is 2.65. The summed E-state index contributed by atoms with van der Waals surface area (Å²) in [7, 11) is 0. The second kappa shape index (κ2) is 5.37. The van der Waals surface area contributed by atoms with Crippen LogP contribution in [0.1, 0.15) is 16.2 Å². The van der Waals surface area contributed by atoms with Crippen molar-refractivity contribution in [1.82, 2.24) is 9.97 Å². The summed E-state index contributed by atoms with van der Waals surface area (Å²) < 4.78 is 0. The maximum absolute atomic E-state index is 11.4. The van der Waals surface area contributed by atoms with Gasteiger partial charge in [0.2, 0.25) is 5.12 Å². The molecule has 0 aliphatic carbocycles. The minimum Gasteiger partial charge on any atom is -0.339 e. The number of nitrogens with one attached hydrogen (secondary N) is 1. The van der Waals surface area contributed by atoms with Crippen LogP contribution in [-0.2, 0) is 0 Å². The number of aryl methyl sites for hydroxylation is 1. The fourth-order valence-electron chi connectivity index (χ4n) is 1.48. The fraction of sp³-hybridized carbons (Fsp3) is 0.0833. The van der Waals surface area contributed by atoms with Gasteiger partial charge in [-0.2, -0.15) is 0 Å². The van der Waals surface area contributed by atoms with Crippen molar-refractivity contribution >= 4 is 40.9 Å². The van der Waals surface area contributed by atoms with Gasteiger partial charge in [0.1, 0.15) is 22.4 Å². The van der Waals surface area contributed by atoms with Gasteiger partial charge in [-0.15, -0.1) is 12.6 Å². The SMILES string of the molecule is Cc1nc(Cl)c(C(=O)S)c(Nc2ccccc2)n1. The van der Waals surface area contributed by atoms with Gasteiger partial charge in [0.25, 0.3) is 0 Å². The molecule has 0 amide bonds. The van der Waals surface area contributed by atoms with E-state index < -0.39 is 5.12 Å². The molecule has 0 fully saturated rings. The molecule has 0 spiro atoms.